The van der Waals surface area contributed by atoms with Crippen LogP contribution in [0.2, 0.25) is 5.02 Å². The lowest BCUT2D eigenvalue weighted by Gasteiger charge is -2.00. The number of aromatic nitrogens is 4. The Hall–Kier alpha value is -2.71. The average molecular weight is 296 g/mol. The molecule has 0 fully saturated rings. The van der Waals surface area contributed by atoms with Gasteiger partial charge in [-0.1, -0.05) is 35.9 Å². The SMILES string of the molecule is N#Cc1cccc(Cn2nnc(-c3ccccc3Cl)n2)c1. The number of rotatable bonds is 3. The van der Waals surface area contributed by atoms with Gasteiger partial charge in [0.2, 0.25) is 5.82 Å². The first-order valence-electron chi connectivity index (χ1n) is 6.28. The van der Waals surface area contributed by atoms with Gasteiger partial charge in [-0.05, 0) is 35.0 Å². The summed E-state index contributed by atoms with van der Waals surface area (Å²) in [7, 11) is 0. The van der Waals surface area contributed by atoms with E-state index in [0.717, 1.165) is 11.1 Å². The fourth-order valence-corrected chi connectivity index (χ4v) is 2.18. The minimum Gasteiger partial charge on any atom is -0.192 e. The van der Waals surface area contributed by atoms with E-state index in [1.807, 2.05) is 30.3 Å². The van der Waals surface area contributed by atoms with Gasteiger partial charge in [0.1, 0.15) is 0 Å². The molecule has 1 aromatic heterocycles. The van der Waals surface area contributed by atoms with Crippen molar-refractivity contribution < 1.29 is 0 Å². The lowest BCUT2D eigenvalue weighted by Crippen LogP contribution is -2.04. The van der Waals surface area contributed by atoms with Crippen molar-refractivity contribution in [2.75, 3.05) is 0 Å². The molecule has 6 heteroatoms. The highest BCUT2D eigenvalue weighted by atomic mass is 35.5. The van der Waals surface area contributed by atoms with Gasteiger partial charge >= 0.3 is 0 Å². The summed E-state index contributed by atoms with van der Waals surface area (Å²) >= 11 is 6.11. The molecule has 0 amide bonds. The molecule has 0 aliphatic carbocycles. The Morgan fingerprint density at radius 1 is 1.14 bits per heavy atom. The Morgan fingerprint density at radius 3 is 2.81 bits per heavy atom. The van der Waals surface area contributed by atoms with Crippen LogP contribution in [0.25, 0.3) is 11.4 Å². The lowest BCUT2D eigenvalue weighted by atomic mass is 10.1. The Balaban J connectivity index is 1.86. The first kappa shape index (κ1) is 13.3. The Kier molecular flexibility index (Phi) is 3.63. The second-order valence-corrected chi connectivity index (χ2v) is 4.84. The molecule has 3 aromatic rings. The van der Waals surface area contributed by atoms with E-state index in [1.165, 1.54) is 4.80 Å². The van der Waals surface area contributed by atoms with E-state index in [-0.39, 0.29) is 0 Å². The van der Waals surface area contributed by atoms with E-state index in [9.17, 15) is 0 Å². The highest BCUT2D eigenvalue weighted by Gasteiger charge is 2.09. The average Bonchev–Trinajstić information content (AvgIpc) is 2.96. The molecule has 0 atom stereocenters. The van der Waals surface area contributed by atoms with E-state index in [1.54, 1.807) is 18.2 Å². The Morgan fingerprint density at radius 2 is 2.00 bits per heavy atom. The van der Waals surface area contributed by atoms with Crippen LogP contribution in [-0.2, 0) is 6.54 Å². The standard InChI is InChI=1S/C15H10ClN5/c16-14-7-2-1-6-13(14)15-18-20-21(19-15)10-12-5-3-4-11(8-12)9-17/h1-8H,10H2. The molecule has 0 aliphatic rings. The molecule has 1 heterocycles. The number of tetrazole rings is 1. The monoisotopic (exact) mass is 295 g/mol. The number of benzene rings is 2. The molecule has 2 aromatic carbocycles. The van der Waals surface area contributed by atoms with Crippen molar-refractivity contribution in [2.45, 2.75) is 6.54 Å². The molecule has 0 spiro atoms. The van der Waals surface area contributed by atoms with Gasteiger partial charge in [-0.3, -0.25) is 0 Å². The van der Waals surface area contributed by atoms with Gasteiger partial charge in [-0.25, -0.2) is 0 Å². The number of hydrogen-bond donors (Lipinski definition) is 0. The fourth-order valence-electron chi connectivity index (χ4n) is 1.96. The molecular formula is C15H10ClN5. The molecule has 102 valence electrons. The van der Waals surface area contributed by atoms with Crippen molar-refractivity contribution in [3.63, 3.8) is 0 Å². The first-order chi connectivity index (χ1) is 10.3. The Bertz CT molecular complexity index is 819. The highest BCUT2D eigenvalue weighted by molar-refractivity contribution is 6.33. The largest absolute Gasteiger partial charge is 0.206 e. The van der Waals surface area contributed by atoms with Crippen LogP contribution in [0.5, 0.6) is 0 Å². The maximum Gasteiger partial charge on any atom is 0.206 e. The number of halogens is 1. The zero-order valence-corrected chi connectivity index (χ0v) is 11.7. The summed E-state index contributed by atoms with van der Waals surface area (Å²) in [6.45, 7) is 0.451. The van der Waals surface area contributed by atoms with E-state index in [0.29, 0.717) is 23.0 Å². The van der Waals surface area contributed by atoms with E-state index < -0.39 is 0 Å². The van der Waals surface area contributed by atoms with Crippen LogP contribution >= 0.6 is 11.6 Å². The molecule has 0 unspecified atom stereocenters. The van der Waals surface area contributed by atoms with Gasteiger partial charge in [0.25, 0.3) is 0 Å². The third-order valence-corrected chi connectivity index (χ3v) is 3.28. The Labute approximate surface area is 126 Å². The van der Waals surface area contributed by atoms with E-state index in [4.69, 9.17) is 16.9 Å². The predicted octanol–water partition coefficient (Wildman–Crippen LogP) is 2.91. The summed E-state index contributed by atoms with van der Waals surface area (Å²) in [4.78, 5) is 1.48. The summed E-state index contributed by atoms with van der Waals surface area (Å²) in [6.07, 6.45) is 0. The number of nitriles is 1. The maximum absolute atomic E-state index is 8.90. The van der Waals surface area contributed by atoms with Crippen LogP contribution in [0.3, 0.4) is 0 Å². The lowest BCUT2D eigenvalue weighted by molar-refractivity contribution is 0.573. The van der Waals surface area contributed by atoms with Crippen molar-refractivity contribution in [1.29, 1.82) is 5.26 Å². The van der Waals surface area contributed by atoms with Crippen molar-refractivity contribution in [1.82, 2.24) is 20.2 Å². The zero-order chi connectivity index (χ0) is 14.7. The topological polar surface area (TPSA) is 67.4 Å². The summed E-state index contributed by atoms with van der Waals surface area (Å²) < 4.78 is 0. The zero-order valence-electron chi connectivity index (χ0n) is 10.9. The molecule has 21 heavy (non-hydrogen) atoms. The van der Waals surface area contributed by atoms with Gasteiger partial charge in [0.05, 0.1) is 23.2 Å². The van der Waals surface area contributed by atoms with E-state index in [2.05, 4.69) is 21.5 Å². The first-order valence-corrected chi connectivity index (χ1v) is 6.66. The molecular weight excluding hydrogens is 286 g/mol. The van der Waals surface area contributed by atoms with Gasteiger partial charge in [-0.15, -0.1) is 10.2 Å². The van der Waals surface area contributed by atoms with Crippen molar-refractivity contribution in [3.05, 3.63) is 64.7 Å². The fraction of sp³-hybridized carbons (Fsp3) is 0.0667. The smallest absolute Gasteiger partial charge is 0.192 e. The quantitative estimate of drug-likeness (QED) is 0.745. The van der Waals surface area contributed by atoms with Gasteiger partial charge in [-0.2, -0.15) is 10.1 Å². The summed E-state index contributed by atoms with van der Waals surface area (Å²) in [5.41, 5.74) is 2.30. The van der Waals surface area contributed by atoms with Crippen molar-refractivity contribution in [2.24, 2.45) is 0 Å². The number of nitrogens with zero attached hydrogens (tertiary/aromatic N) is 5. The minimum atomic E-state index is 0.451. The van der Waals surface area contributed by atoms with Gasteiger partial charge in [0, 0.05) is 5.56 Å². The van der Waals surface area contributed by atoms with Crippen molar-refractivity contribution >= 4 is 11.6 Å². The van der Waals surface area contributed by atoms with E-state index >= 15 is 0 Å². The second kappa shape index (κ2) is 5.73. The normalized spacial score (nSPS) is 10.3. The van der Waals surface area contributed by atoms with Crippen LogP contribution in [-0.4, -0.2) is 20.2 Å². The molecule has 0 saturated carbocycles. The molecule has 3 rings (SSSR count). The summed E-state index contributed by atoms with van der Waals surface area (Å²) in [5.74, 6) is 0.483. The molecule has 0 aliphatic heterocycles. The summed E-state index contributed by atoms with van der Waals surface area (Å²) in [5, 5.41) is 21.8. The third-order valence-electron chi connectivity index (χ3n) is 2.95. The molecule has 5 nitrogen and oxygen atoms in total. The molecule has 0 radical (unpaired) electrons. The van der Waals surface area contributed by atoms with Gasteiger partial charge < -0.3 is 0 Å². The molecule has 0 N–H and O–H groups in total. The number of hydrogen-bond acceptors (Lipinski definition) is 4. The van der Waals surface area contributed by atoms with Gasteiger partial charge in [0.15, 0.2) is 0 Å². The molecule has 0 saturated heterocycles. The van der Waals surface area contributed by atoms with Crippen LogP contribution in [0.4, 0.5) is 0 Å². The summed E-state index contributed by atoms with van der Waals surface area (Å²) in [6, 6.07) is 16.8. The van der Waals surface area contributed by atoms with Crippen molar-refractivity contribution in [3.8, 4) is 17.5 Å². The maximum atomic E-state index is 8.90. The third kappa shape index (κ3) is 2.91. The van der Waals surface area contributed by atoms with Crippen LogP contribution < -0.4 is 0 Å². The second-order valence-electron chi connectivity index (χ2n) is 4.44. The molecule has 0 bridgehead atoms. The van der Waals surface area contributed by atoms with Crippen LogP contribution in [0, 0.1) is 11.3 Å². The predicted molar refractivity (Wildman–Crippen MR) is 78.5 cm³/mol. The van der Waals surface area contributed by atoms with Crippen LogP contribution in [0.1, 0.15) is 11.1 Å². The minimum absolute atomic E-state index is 0.451. The highest BCUT2D eigenvalue weighted by Crippen LogP contribution is 2.23. The van der Waals surface area contributed by atoms with Crippen LogP contribution in [0.15, 0.2) is 48.5 Å².